The molecule has 1 aromatic heterocycles. The van der Waals surface area contributed by atoms with Gasteiger partial charge in [0.25, 0.3) is 0 Å². The molecule has 0 unspecified atom stereocenters. The van der Waals surface area contributed by atoms with Gasteiger partial charge in [0.2, 0.25) is 0 Å². The van der Waals surface area contributed by atoms with Gasteiger partial charge in [-0.25, -0.2) is 0 Å². The average molecular weight is 277 g/mol. The van der Waals surface area contributed by atoms with Gasteiger partial charge in [0.15, 0.2) is 0 Å². The predicted molar refractivity (Wildman–Crippen MR) is 84.5 cm³/mol. The first-order valence-corrected chi connectivity index (χ1v) is 7.29. The van der Waals surface area contributed by atoms with E-state index in [1.807, 2.05) is 12.3 Å². The molecule has 0 saturated carbocycles. The lowest BCUT2D eigenvalue weighted by molar-refractivity contribution is 0.199. The average Bonchev–Trinajstić information content (AvgIpc) is 2.38. The van der Waals surface area contributed by atoms with E-state index in [4.69, 9.17) is 18.0 Å². The van der Waals surface area contributed by atoms with Crippen molar-refractivity contribution in [2.24, 2.45) is 17.1 Å². The molecule has 0 aromatic carbocycles. The van der Waals surface area contributed by atoms with E-state index in [9.17, 15) is 0 Å². The van der Waals surface area contributed by atoms with Crippen LogP contribution < -0.4 is 10.6 Å². The third-order valence-corrected chi connectivity index (χ3v) is 4.29. The molecule has 1 saturated heterocycles. The van der Waals surface area contributed by atoms with Crippen LogP contribution >= 0.6 is 12.2 Å². The molecule has 3 nitrogen and oxygen atoms in total. The molecule has 0 bridgehead atoms. The van der Waals surface area contributed by atoms with Crippen molar-refractivity contribution >= 4 is 22.9 Å². The molecular formula is C15H23N3S. The van der Waals surface area contributed by atoms with Gasteiger partial charge < -0.3 is 10.6 Å². The molecule has 0 atom stereocenters. The SMILES string of the molecule is CC(C)(C)C1CCN(c2ccc(C(N)=S)nc2)CC1. The Kier molecular flexibility index (Phi) is 4.09. The minimum atomic E-state index is 0.359. The topological polar surface area (TPSA) is 42.1 Å². The number of hydrogen-bond donors (Lipinski definition) is 1. The van der Waals surface area contributed by atoms with Crippen LogP contribution in [0.4, 0.5) is 5.69 Å². The fourth-order valence-electron chi connectivity index (χ4n) is 2.72. The molecule has 0 amide bonds. The summed E-state index contributed by atoms with van der Waals surface area (Å²) in [6, 6.07) is 3.98. The zero-order valence-corrected chi connectivity index (χ0v) is 12.8. The number of aromatic nitrogens is 1. The molecule has 2 rings (SSSR count). The highest BCUT2D eigenvalue weighted by Crippen LogP contribution is 2.35. The van der Waals surface area contributed by atoms with E-state index in [-0.39, 0.29) is 0 Å². The highest BCUT2D eigenvalue weighted by atomic mass is 32.1. The van der Waals surface area contributed by atoms with Gasteiger partial charge in [-0.2, -0.15) is 0 Å². The van der Waals surface area contributed by atoms with Gasteiger partial charge in [0.1, 0.15) is 4.99 Å². The maximum absolute atomic E-state index is 5.56. The lowest BCUT2D eigenvalue weighted by atomic mass is 9.75. The van der Waals surface area contributed by atoms with E-state index in [1.54, 1.807) is 0 Å². The van der Waals surface area contributed by atoms with Crippen molar-refractivity contribution < 1.29 is 0 Å². The van der Waals surface area contributed by atoms with Crippen LogP contribution in [0.1, 0.15) is 39.3 Å². The number of anilines is 1. The monoisotopic (exact) mass is 277 g/mol. The summed E-state index contributed by atoms with van der Waals surface area (Å²) in [7, 11) is 0. The molecule has 1 aliphatic heterocycles. The molecular weight excluding hydrogens is 254 g/mol. The molecule has 4 heteroatoms. The van der Waals surface area contributed by atoms with Crippen LogP contribution in [-0.4, -0.2) is 23.1 Å². The Morgan fingerprint density at radius 2 is 1.95 bits per heavy atom. The fourth-order valence-corrected chi connectivity index (χ4v) is 2.84. The Labute approximate surface area is 121 Å². The van der Waals surface area contributed by atoms with Crippen molar-refractivity contribution in [3.05, 3.63) is 24.0 Å². The maximum Gasteiger partial charge on any atom is 0.122 e. The first-order valence-electron chi connectivity index (χ1n) is 6.89. The van der Waals surface area contributed by atoms with E-state index in [0.717, 1.165) is 19.0 Å². The summed E-state index contributed by atoms with van der Waals surface area (Å²) < 4.78 is 0. The Morgan fingerprint density at radius 1 is 1.32 bits per heavy atom. The number of piperidine rings is 1. The van der Waals surface area contributed by atoms with Crippen LogP contribution in [0.25, 0.3) is 0 Å². The summed E-state index contributed by atoms with van der Waals surface area (Å²) >= 11 is 4.92. The molecule has 2 N–H and O–H groups in total. The molecule has 1 fully saturated rings. The van der Waals surface area contributed by atoms with Gasteiger partial charge >= 0.3 is 0 Å². The highest BCUT2D eigenvalue weighted by Gasteiger charge is 2.28. The second-order valence-corrected chi connectivity index (χ2v) is 6.83. The molecule has 0 spiro atoms. The van der Waals surface area contributed by atoms with Gasteiger partial charge in [-0.05, 0) is 36.3 Å². The molecule has 0 radical (unpaired) electrons. The van der Waals surface area contributed by atoms with Crippen molar-refractivity contribution in [1.29, 1.82) is 0 Å². The van der Waals surface area contributed by atoms with Crippen molar-refractivity contribution in [1.82, 2.24) is 4.98 Å². The largest absolute Gasteiger partial charge is 0.388 e. The zero-order chi connectivity index (χ0) is 14.0. The summed E-state index contributed by atoms with van der Waals surface area (Å²) in [6.07, 6.45) is 4.38. The Balaban J connectivity index is 2.00. The third-order valence-electron chi connectivity index (χ3n) is 4.09. The molecule has 19 heavy (non-hydrogen) atoms. The van der Waals surface area contributed by atoms with Crippen LogP contribution in [0.3, 0.4) is 0 Å². The van der Waals surface area contributed by atoms with Crippen molar-refractivity contribution in [2.75, 3.05) is 18.0 Å². The minimum absolute atomic E-state index is 0.359. The fraction of sp³-hybridized carbons (Fsp3) is 0.600. The molecule has 0 aliphatic carbocycles. The molecule has 104 valence electrons. The quantitative estimate of drug-likeness (QED) is 0.844. The number of thiocarbonyl (C=S) groups is 1. The molecule has 1 aliphatic rings. The Hall–Kier alpha value is -1.16. The van der Waals surface area contributed by atoms with Crippen molar-refractivity contribution in [2.45, 2.75) is 33.6 Å². The van der Waals surface area contributed by atoms with E-state index < -0.39 is 0 Å². The number of nitrogens with two attached hydrogens (primary N) is 1. The second-order valence-electron chi connectivity index (χ2n) is 6.39. The first kappa shape index (κ1) is 14.3. The predicted octanol–water partition coefficient (Wildman–Crippen LogP) is 2.98. The van der Waals surface area contributed by atoms with Crippen LogP contribution in [0.5, 0.6) is 0 Å². The standard InChI is InChI=1S/C15H23N3S/c1-15(2,3)11-6-8-18(9-7-11)12-4-5-13(14(16)19)17-10-12/h4-5,10-11H,6-9H2,1-3H3,(H2,16,19). The summed E-state index contributed by atoms with van der Waals surface area (Å²) in [6.45, 7) is 9.23. The molecule has 2 heterocycles. The van der Waals surface area contributed by atoms with E-state index in [2.05, 4.69) is 36.7 Å². The summed E-state index contributed by atoms with van der Waals surface area (Å²) in [4.78, 5) is 7.07. The van der Waals surface area contributed by atoms with Gasteiger partial charge in [-0.1, -0.05) is 33.0 Å². The number of pyridine rings is 1. The Bertz CT molecular complexity index is 439. The highest BCUT2D eigenvalue weighted by molar-refractivity contribution is 7.80. The smallest absolute Gasteiger partial charge is 0.122 e. The minimum Gasteiger partial charge on any atom is -0.388 e. The second kappa shape index (κ2) is 5.45. The number of hydrogen-bond acceptors (Lipinski definition) is 3. The van der Waals surface area contributed by atoms with E-state index in [0.29, 0.717) is 16.1 Å². The number of nitrogens with zero attached hydrogens (tertiary/aromatic N) is 2. The lowest BCUT2D eigenvalue weighted by Crippen LogP contribution is -2.38. The summed E-state index contributed by atoms with van der Waals surface area (Å²) in [5, 5.41) is 0. The van der Waals surface area contributed by atoms with Gasteiger partial charge in [0.05, 0.1) is 17.6 Å². The normalized spacial score (nSPS) is 17.5. The van der Waals surface area contributed by atoms with Crippen LogP contribution in [0.2, 0.25) is 0 Å². The van der Waals surface area contributed by atoms with Crippen LogP contribution in [0.15, 0.2) is 18.3 Å². The lowest BCUT2D eigenvalue weighted by Gasteiger charge is -2.39. The maximum atomic E-state index is 5.56. The zero-order valence-electron chi connectivity index (χ0n) is 12.0. The molecule has 1 aromatic rings. The number of rotatable bonds is 2. The van der Waals surface area contributed by atoms with Crippen molar-refractivity contribution in [3.8, 4) is 0 Å². The van der Waals surface area contributed by atoms with E-state index >= 15 is 0 Å². The Morgan fingerprint density at radius 3 is 2.37 bits per heavy atom. The van der Waals surface area contributed by atoms with Crippen LogP contribution in [-0.2, 0) is 0 Å². The summed E-state index contributed by atoms with van der Waals surface area (Å²) in [5.41, 5.74) is 7.85. The van der Waals surface area contributed by atoms with E-state index in [1.165, 1.54) is 18.5 Å². The summed E-state index contributed by atoms with van der Waals surface area (Å²) in [5.74, 6) is 0.813. The van der Waals surface area contributed by atoms with Gasteiger partial charge in [-0.15, -0.1) is 0 Å². The van der Waals surface area contributed by atoms with Crippen molar-refractivity contribution in [3.63, 3.8) is 0 Å². The first-order chi connectivity index (χ1) is 8.88. The third kappa shape index (κ3) is 3.44. The van der Waals surface area contributed by atoms with Gasteiger partial charge in [0, 0.05) is 13.1 Å². The van der Waals surface area contributed by atoms with Gasteiger partial charge in [-0.3, -0.25) is 4.98 Å². The van der Waals surface area contributed by atoms with Crippen LogP contribution in [0, 0.1) is 11.3 Å².